The van der Waals surface area contributed by atoms with Crippen LogP contribution in [0, 0.1) is 11.6 Å². The van der Waals surface area contributed by atoms with Gasteiger partial charge in [-0.2, -0.15) is 0 Å². The van der Waals surface area contributed by atoms with E-state index in [1.54, 1.807) is 13.8 Å². The highest BCUT2D eigenvalue weighted by Crippen LogP contribution is 2.22. The SMILES string of the molecule is COC(CN)CC(=O)NC(C)(C)c1ccc(F)c(F)c1.Cl. The lowest BCUT2D eigenvalue weighted by Crippen LogP contribution is -2.43. The van der Waals surface area contributed by atoms with Gasteiger partial charge in [-0.1, -0.05) is 6.07 Å². The van der Waals surface area contributed by atoms with Gasteiger partial charge in [-0.25, -0.2) is 8.78 Å². The van der Waals surface area contributed by atoms with Crippen molar-refractivity contribution in [2.45, 2.75) is 31.9 Å². The molecule has 0 aliphatic heterocycles. The van der Waals surface area contributed by atoms with E-state index in [1.165, 1.54) is 13.2 Å². The van der Waals surface area contributed by atoms with Gasteiger partial charge in [-0.15, -0.1) is 12.4 Å². The Labute approximate surface area is 129 Å². The Balaban J connectivity index is 0.00000400. The van der Waals surface area contributed by atoms with Crippen LogP contribution in [0.2, 0.25) is 0 Å². The third-order valence-corrected chi connectivity index (χ3v) is 3.10. The number of hydrogen-bond donors (Lipinski definition) is 2. The van der Waals surface area contributed by atoms with Crippen molar-refractivity contribution < 1.29 is 18.3 Å². The molecule has 0 bridgehead atoms. The predicted molar refractivity (Wildman–Crippen MR) is 79.2 cm³/mol. The molecule has 1 unspecified atom stereocenters. The molecule has 0 radical (unpaired) electrons. The molecule has 21 heavy (non-hydrogen) atoms. The molecule has 0 heterocycles. The zero-order chi connectivity index (χ0) is 15.3. The van der Waals surface area contributed by atoms with Crippen LogP contribution < -0.4 is 11.1 Å². The van der Waals surface area contributed by atoms with Crippen LogP contribution in [0.3, 0.4) is 0 Å². The quantitative estimate of drug-likeness (QED) is 0.843. The van der Waals surface area contributed by atoms with Gasteiger partial charge in [0.05, 0.1) is 18.1 Å². The summed E-state index contributed by atoms with van der Waals surface area (Å²) in [5.74, 6) is -2.13. The maximum Gasteiger partial charge on any atom is 0.223 e. The number of nitrogens with two attached hydrogens (primary N) is 1. The number of nitrogens with one attached hydrogen (secondary N) is 1. The van der Waals surface area contributed by atoms with Crippen LogP contribution in [0.15, 0.2) is 18.2 Å². The van der Waals surface area contributed by atoms with Crippen LogP contribution in [0.4, 0.5) is 8.78 Å². The Morgan fingerprint density at radius 1 is 1.38 bits per heavy atom. The molecule has 0 aliphatic carbocycles. The Morgan fingerprint density at radius 3 is 2.48 bits per heavy atom. The van der Waals surface area contributed by atoms with Crippen LogP contribution in [0.1, 0.15) is 25.8 Å². The van der Waals surface area contributed by atoms with Crippen molar-refractivity contribution in [1.29, 1.82) is 0 Å². The highest BCUT2D eigenvalue weighted by Gasteiger charge is 2.25. The van der Waals surface area contributed by atoms with Crippen LogP contribution in [-0.4, -0.2) is 25.7 Å². The van der Waals surface area contributed by atoms with E-state index in [-0.39, 0.29) is 37.4 Å². The topological polar surface area (TPSA) is 64.3 Å². The molecule has 1 rings (SSSR count). The third kappa shape index (κ3) is 5.57. The minimum absolute atomic E-state index is 0. The van der Waals surface area contributed by atoms with E-state index >= 15 is 0 Å². The van der Waals surface area contributed by atoms with Gasteiger partial charge in [0, 0.05) is 13.7 Å². The van der Waals surface area contributed by atoms with Crippen LogP contribution in [-0.2, 0) is 15.1 Å². The zero-order valence-electron chi connectivity index (χ0n) is 12.3. The number of halogens is 3. The van der Waals surface area contributed by atoms with Crippen molar-refractivity contribution in [1.82, 2.24) is 5.32 Å². The molecule has 0 fully saturated rings. The molecule has 0 saturated heterocycles. The predicted octanol–water partition coefficient (Wildman–Crippen LogP) is 2.10. The molecule has 7 heteroatoms. The van der Waals surface area contributed by atoms with Gasteiger partial charge in [0.1, 0.15) is 0 Å². The fourth-order valence-corrected chi connectivity index (χ4v) is 1.83. The summed E-state index contributed by atoms with van der Waals surface area (Å²) in [6.07, 6.45) is -0.254. The third-order valence-electron chi connectivity index (χ3n) is 3.10. The van der Waals surface area contributed by atoms with E-state index < -0.39 is 17.2 Å². The molecule has 1 aromatic carbocycles. The summed E-state index contributed by atoms with van der Waals surface area (Å²) in [4.78, 5) is 11.9. The smallest absolute Gasteiger partial charge is 0.223 e. The van der Waals surface area contributed by atoms with Crippen molar-refractivity contribution in [3.63, 3.8) is 0 Å². The van der Waals surface area contributed by atoms with Gasteiger partial charge in [-0.05, 0) is 31.5 Å². The Morgan fingerprint density at radius 2 is 2.00 bits per heavy atom. The zero-order valence-corrected chi connectivity index (χ0v) is 13.1. The first kappa shape index (κ1) is 19.8. The van der Waals surface area contributed by atoms with Crippen molar-refractivity contribution in [2.75, 3.05) is 13.7 Å². The van der Waals surface area contributed by atoms with Crippen molar-refractivity contribution >= 4 is 18.3 Å². The minimum Gasteiger partial charge on any atom is -0.380 e. The fraction of sp³-hybridized carbons (Fsp3) is 0.500. The van der Waals surface area contributed by atoms with Gasteiger partial charge in [0.2, 0.25) is 5.91 Å². The van der Waals surface area contributed by atoms with E-state index in [1.807, 2.05) is 0 Å². The number of carbonyl (C=O) groups excluding carboxylic acids is 1. The van der Waals surface area contributed by atoms with Crippen LogP contribution in [0.25, 0.3) is 0 Å². The van der Waals surface area contributed by atoms with Gasteiger partial charge in [-0.3, -0.25) is 4.79 Å². The molecular formula is C14H21ClF2N2O2. The first-order valence-electron chi connectivity index (χ1n) is 6.29. The number of rotatable bonds is 6. The number of amides is 1. The van der Waals surface area contributed by atoms with Crippen molar-refractivity contribution in [3.05, 3.63) is 35.4 Å². The summed E-state index contributed by atoms with van der Waals surface area (Å²) in [6.45, 7) is 3.65. The second-order valence-corrected chi connectivity index (χ2v) is 5.10. The lowest BCUT2D eigenvalue weighted by Gasteiger charge is -2.28. The summed E-state index contributed by atoms with van der Waals surface area (Å²) < 4.78 is 31.2. The van der Waals surface area contributed by atoms with E-state index in [0.717, 1.165) is 12.1 Å². The van der Waals surface area contributed by atoms with E-state index in [9.17, 15) is 13.6 Å². The number of benzene rings is 1. The van der Waals surface area contributed by atoms with Crippen molar-refractivity contribution in [2.24, 2.45) is 5.73 Å². The molecule has 4 nitrogen and oxygen atoms in total. The highest BCUT2D eigenvalue weighted by atomic mass is 35.5. The molecule has 0 aliphatic rings. The molecule has 1 aromatic rings. The summed E-state index contributed by atoms with van der Waals surface area (Å²) in [5, 5.41) is 2.75. The Kier molecular flexibility index (Phi) is 7.78. The molecule has 1 amide bonds. The lowest BCUT2D eigenvalue weighted by molar-refractivity contribution is -0.125. The molecule has 120 valence electrons. The normalized spacial score (nSPS) is 12.5. The number of ether oxygens (including phenoxy) is 1. The number of methoxy groups -OCH3 is 1. The number of hydrogen-bond acceptors (Lipinski definition) is 3. The van der Waals surface area contributed by atoms with Gasteiger partial charge in [0.25, 0.3) is 0 Å². The fourth-order valence-electron chi connectivity index (χ4n) is 1.83. The second-order valence-electron chi connectivity index (χ2n) is 5.10. The largest absolute Gasteiger partial charge is 0.380 e. The minimum atomic E-state index is -0.943. The highest BCUT2D eigenvalue weighted by molar-refractivity contribution is 5.85. The van der Waals surface area contributed by atoms with Crippen LogP contribution >= 0.6 is 12.4 Å². The summed E-state index contributed by atoms with van der Waals surface area (Å²) in [6, 6.07) is 3.55. The molecule has 1 atom stereocenters. The van der Waals surface area contributed by atoms with Gasteiger partial charge >= 0.3 is 0 Å². The number of carbonyl (C=O) groups is 1. The van der Waals surface area contributed by atoms with E-state index in [0.29, 0.717) is 5.56 Å². The summed E-state index contributed by atoms with van der Waals surface area (Å²) in [7, 11) is 1.48. The van der Waals surface area contributed by atoms with Crippen molar-refractivity contribution in [3.8, 4) is 0 Å². The maximum atomic E-state index is 13.2. The average Bonchev–Trinajstić information content (AvgIpc) is 2.38. The Hall–Kier alpha value is -1.24. The molecule has 0 aromatic heterocycles. The molecule has 3 N–H and O–H groups in total. The first-order valence-corrected chi connectivity index (χ1v) is 6.29. The maximum absolute atomic E-state index is 13.2. The lowest BCUT2D eigenvalue weighted by atomic mass is 9.93. The molecule has 0 spiro atoms. The Bertz CT molecular complexity index is 480. The van der Waals surface area contributed by atoms with Gasteiger partial charge < -0.3 is 15.8 Å². The summed E-state index contributed by atoms with van der Waals surface area (Å²) >= 11 is 0. The second kappa shape index (κ2) is 8.26. The van der Waals surface area contributed by atoms with Crippen LogP contribution in [0.5, 0.6) is 0 Å². The van der Waals surface area contributed by atoms with E-state index in [4.69, 9.17) is 10.5 Å². The first-order chi connectivity index (χ1) is 9.30. The standard InChI is InChI=1S/C14H20F2N2O2.ClH/c1-14(2,9-4-5-11(15)12(16)6-9)18-13(19)7-10(8-17)20-3;/h4-6,10H,7-8,17H2,1-3H3,(H,18,19);1H. The van der Waals surface area contributed by atoms with E-state index in [2.05, 4.69) is 5.32 Å². The average molecular weight is 323 g/mol. The van der Waals surface area contributed by atoms with Gasteiger partial charge in [0.15, 0.2) is 11.6 Å². The monoisotopic (exact) mass is 322 g/mol. The molecule has 0 saturated carbocycles. The summed E-state index contributed by atoms with van der Waals surface area (Å²) in [5.41, 5.74) is 5.10. The molecular weight excluding hydrogens is 302 g/mol.